The van der Waals surface area contributed by atoms with Gasteiger partial charge in [0, 0.05) is 0 Å². The molecule has 2 aromatic carbocycles. The second-order valence-electron chi connectivity index (χ2n) is 9.33. The zero-order valence-electron chi connectivity index (χ0n) is 18.2. The first-order chi connectivity index (χ1) is 14.9. The van der Waals surface area contributed by atoms with Crippen molar-refractivity contribution >= 4 is 0 Å². The van der Waals surface area contributed by atoms with E-state index >= 15 is 0 Å². The van der Waals surface area contributed by atoms with Crippen molar-refractivity contribution in [3.8, 4) is 16.9 Å². The molecule has 0 radical (unpaired) electrons. The number of hydrogen-bond donors (Lipinski definition) is 0. The molecular formula is C26H30F4O. The third kappa shape index (κ3) is 4.47. The molecule has 0 spiro atoms. The lowest BCUT2D eigenvalue weighted by molar-refractivity contribution is 0.114. The summed E-state index contributed by atoms with van der Waals surface area (Å²) in [6.45, 7) is 2.24. The van der Waals surface area contributed by atoms with Crippen LogP contribution in [0.3, 0.4) is 0 Å². The van der Waals surface area contributed by atoms with E-state index in [1.807, 2.05) is 0 Å². The molecule has 2 saturated carbocycles. The van der Waals surface area contributed by atoms with Crippen LogP contribution in [-0.2, 0) is 0 Å². The Morgan fingerprint density at radius 3 is 2.03 bits per heavy atom. The summed E-state index contributed by atoms with van der Waals surface area (Å²) < 4.78 is 62.7. The van der Waals surface area contributed by atoms with E-state index in [1.165, 1.54) is 44.2 Å². The maximum absolute atomic E-state index is 15.0. The molecule has 168 valence electrons. The molecule has 0 bridgehead atoms. The first kappa shape index (κ1) is 22.2. The molecule has 2 aliphatic rings. The van der Waals surface area contributed by atoms with Crippen LogP contribution in [0.1, 0.15) is 69.8 Å². The molecule has 31 heavy (non-hydrogen) atoms. The SMILES string of the molecule is CCCC1CCC2CC(c3cc(F)c(-c4cc(F)c(OC)c(F)c4)c(F)c3)CCC2C1. The average Bonchev–Trinajstić information content (AvgIpc) is 2.73. The van der Waals surface area contributed by atoms with Crippen LogP contribution in [0, 0.1) is 41.0 Å². The first-order valence-corrected chi connectivity index (χ1v) is 11.4. The Bertz CT molecular complexity index is 895. The molecule has 0 saturated heterocycles. The van der Waals surface area contributed by atoms with Gasteiger partial charge in [-0.3, -0.25) is 0 Å². The Kier molecular flexibility index (Phi) is 6.59. The van der Waals surface area contributed by atoms with Gasteiger partial charge in [-0.1, -0.05) is 26.2 Å². The minimum Gasteiger partial charge on any atom is -0.491 e. The van der Waals surface area contributed by atoms with Gasteiger partial charge in [-0.25, -0.2) is 17.6 Å². The first-order valence-electron chi connectivity index (χ1n) is 11.4. The van der Waals surface area contributed by atoms with Gasteiger partial charge in [0.2, 0.25) is 0 Å². The number of halogens is 4. The summed E-state index contributed by atoms with van der Waals surface area (Å²) in [5, 5.41) is 0. The van der Waals surface area contributed by atoms with Crippen molar-refractivity contribution in [2.75, 3.05) is 7.11 Å². The number of ether oxygens (including phenoxy) is 1. The van der Waals surface area contributed by atoms with Crippen molar-refractivity contribution in [3.63, 3.8) is 0 Å². The summed E-state index contributed by atoms with van der Waals surface area (Å²) in [4.78, 5) is 0. The lowest BCUT2D eigenvalue weighted by Crippen LogP contribution is -2.30. The molecule has 2 fully saturated rings. The van der Waals surface area contributed by atoms with Crippen LogP contribution in [-0.4, -0.2) is 7.11 Å². The topological polar surface area (TPSA) is 9.23 Å². The van der Waals surface area contributed by atoms with Crippen LogP contribution in [0.2, 0.25) is 0 Å². The van der Waals surface area contributed by atoms with Crippen LogP contribution in [0.4, 0.5) is 17.6 Å². The molecule has 5 heteroatoms. The second-order valence-corrected chi connectivity index (χ2v) is 9.33. The molecule has 0 aromatic heterocycles. The van der Waals surface area contributed by atoms with Crippen LogP contribution in [0.25, 0.3) is 11.1 Å². The van der Waals surface area contributed by atoms with Crippen molar-refractivity contribution < 1.29 is 22.3 Å². The van der Waals surface area contributed by atoms with Gasteiger partial charge in [-0.05, 0) is 91.2 Å². The Morgan fingerprint density at radius 2 is 1.42 bits per heavy atom. The van der Waals surface area contributed by atoms with Crippen molar-refractivity contribution in [3.05, 3.63) is 53.1 Å². The van der Waals surface area contributed by atoms with Gasteiger partial charge in [0.05, 0.1) is 12.7 Å². The molecule has 2 aromatic rings. The van der Waals surface area contributed by atoms with E-state index in [0.717, 1.165) is 50.3 Å². The smallest absolute Gasteiger partial charge is 0.190 e. The van der Waals surface area contributed by atoms with Crippen molar-refractivity contribution in [1.82, 2.24) is 0 Å². The lowest BCUT2D eigenvalue weighted by Gasteiger charge is -2.42. The van der Waals surface area contributed by atoms with E-state index in [9.17, 15) is 17.6 Å². The van der Waals surface area contributed by atoms with Crippen molar-refractivity contribution in [2.45, 2.75) is 64.2 Å². The van der Waals surface area contributed by atoms with Crippen molar-refractivity contribution in [2.24, 2.45) is 17.8 Å². The molecule has 4 unspecified atom stereocenters. The van der Waals surface area contributed by atoms with Crippen LogP contribution < -0.4 is 4.74 Å². The molecule has 1 nitrogen and oxygen atoms in total. The molecule has 2 aliphatic carbocycles. The Morgan fingerprint density at radius 1 is 0.806 bits per heavy atom. The Balaban J connectivity index is 1.55. The quantitative estimate of drug-likeness (QED) is 0.433. The highest BCUT2D eigenvalue weighted by Gasteiger charge is 2.36. The third-order valence-electron chi connectivity index (χ3n) is 7.45. The maximum atomic E-state index is 15.0. The van der Waals surface area contributed by atoms with E-state index in [0.29, 0.717) is 11.5 Å². The molecular weight excluding hydrogens is 404 g/mol. The van der Waals surface area contributed by atoms with E-state index < -0.39 is 34.6 Å². The molecule has 0 heterocycles. The Hall–Kier alpha value is -2.04. The monoisotopic (exact) mass is 434 g/mol. The maximum Gasteiger partial charge on any atom is 0.190 e. The minimum atomic E-state index is -0.989. The fourth-order valence-electron chi connectivity index (χ4n) is 5.96. The van der Waals surface area contributed by atoms with Gasteiger partial charge >= 0.3 is 0 Å². The summed E-state index contributed by atoms with van der Waals surface area (Å²) in [6.07, 6.45) is 9.31. The lowest BCUT2D eigenvalue weighted by atomic mass is 9.63. The average molecular weight is 435 g/mol. The third-order valence-corrected chi connectivity index (χ3v) is 7.45. The predicted octanol–water partition coefficient (Wildman–Crippen LogP) is 8.02. The van der Waals surface area contributed by atoms with Crippen LogP contribution >= 0.6 is 0 Å². The molecule has 0 N–H and O–H groups in total. The fraction of sp³-hybridized carbons (Fsp3) is 0.538. The van der Waals surface area contributed by atoms with Gasteiger partial charge in [0.1, 0.15) is 11.6 Å². The van der Waals surface area contributed by atoms with Gasteiger partial charge in [-0.2, -0.15) is 0 Å². The zero-order valence-corrected chi connectivity index (χ0v) is 18.2. The van der Waals surface area contributed by atoms with Gasteiger partial charge in [-0.15, -0.1) is 0 Å². The summed E-state index contributed by atoms with van der Waals surface area (Å²) in [7, 11) is 1.14. The fourth-order valence-corrected chi connectivity index (χ4v) is 5.96. The van der Waals surface area contributed by atoms with Gasteiger partial charge < -0.3 is 4.74 Å². The second kappa shape index (κ2) is 9.22. The number of benzene rings is 2. The van der Waals surface area contributed by atoms with Crippen molar-refractivity contribution in [1.29, 1.82) is 0 Å². The number of rotatable bonds is 5. The number of hydrogen-bond acceptors (Lipinski definition) is 1. The molecule has 0 aliphatic heterocycles. The van der Waals surface area contributed by atoms with Crippen LogP contribution in [0.5, 0.6) is 5.75 Å². The molecule has 0 amide bonds. The zero-order chi connectivity index (χ0) is 22.1. The van der Waals surface area contributed by atoms with Gasteiger partial charge in [0.15, 0.2) is 17.4 Å². The summed E-state index contributed by atoms with van der Waals surface area (Å²) in [6, 6.07) is 4.52. The van der Waals surface area contributed by atoms with E-state index in [1.54, 1.807) is 0 Å². The highest BCUT2D eigenvalue weighted by molar-refractivity contribution is 5.66. The highest BCUT2D eigenvalue weighted by Crippen LogP contribution is 2.48. The van der Waals surface area contributed by atoms with E-state index in [4.69, 9.17) is 0 Å². The number of fused-ring (bicyclic) bond motifs is 1. The van der Waals surface area contributed by atoms with Crippen LogP contribution in [0.15, 0.2) is 24.3 Å². The largest absolute Gasteiger partial charge is 0.491 e. The Labute approximate surface area is 181 Å². The summed E-state index contributed by atoms with van der Waals surface area (Å²) in [5.74, 6) is -1.78. The highest BCUT2D eigenvalue weighted by atomic mass is 19.1. The van der Waals surface area contributed by atoms with E-state index in [2.05, 4.69) is 11.7 Å². The standard InChI is InChI=1S/C26H30F4O/c1-3-4-15-5-6-17-10-18(8-7-16(17)9-15)19-11-21(27)25(22(28)12-19)20-13-23(29)26(31-2)24(30)14-20/h11-18H,3-10H2,1-2H3. The number of methoxy groups -OCH3 is 1. The summed E-state index contributed by atoms with van der Waals surface area (Å²) in [5.41, 5.74) is 0.0793. The minimum absolute atomic E-state index is 0.131. The summed E-state index contributed by atoms with van der Waals surface area (Å²) >= 11 is 0. The van der Waals surface area contributed by atoms with Gasteiger partial charge in [0.25, 0.3) is 0 Å². The predicted molar refractivity (Wildman–Crippen MR) is 114 cm³/mol. The normalized spacial score (nSPS) is 25.9. The molecule has 4 rings (SSSR count). The molecule has 4 atom stereocenters. The van der Waals surface area contributed by atoms with E-state index in [-0.39, 0.29) is 11.5 Å².